The molecular weight excluding hydrogens is 258 g/mol. The summed E-state index contributed by atoms with van der Waals surface area (Å²) < 4.78 is 36.4. The average Bonchev–Trinajstić information content (AvgIpc) is 2.36. The van der Waals surface area contributed by atoms with E-state index in [2.05, 4.69) is 4.72 Å². The van der Waals surface area contributed by atoms with Crippen molar-refractivity contribution in [1.29, 1.82) is 0 Å². The first-order valence-electron chi connectivity index (χ1n) is 5.62. The van der Waals surface area contributed by atoms with Crippen LogP contribution in [-0.2, 0) is 10.0 Å². The summed E-state index contributed by atoms with van der Waals surface area (Å²) in [6.45, 7) is 0.796. The van der Waals surface area contributed by atoms with E-state index in [1.165, 1.54) is 0 Å². The van der Waals surface area contributed by atoms with Crippen LogP contribution in [0.25, 0.3) is 0 Å². The lowest BCUT2D eigenvalue weighted by molar-refractivity contribution is 0.171. The van der Waals surface area contributed by atoms with Gasteiger partial charge in [-0.15, -0.1) is 0 Å². The summed E-state index contributed by atoms with van der Waals surface area (Å²) in [4.78, 5) is 0. The summed E-state index contributed by atoms with van der Waals surface area (Å²) in [6.07, 6.45) is 0.208. The second-order valence-electron chi connectivity index (χ2n) is 3.86. The van der Waals surface area contributed by atoms with E-state index in [1.807, 2.05) is 0 Å². The topological polar surface area (TPSA) is 84.9 Å². The Hall–Kier alpha value is -1.47. The van der Waals surface area contributed by atoms with Gasteiger partial charge in [-0.05, 0) is 18.6 Å². The summed E-state index contributed by atoms with van der Waals surface area (Å²) in [6, 6.07) is 4.87. The minimum absolute atomic E-state index is 0.113. The number of hydrogen-bond acceptors (Lipinski definition) is 5. The molecule has 0 saturated heterocycles. The molecule has 1 heterocycles. The van der Waals surface area contributed by atoms with Crippen molar-refractivity contribution in [3.05, 3.63) is 18.2 Å². The minimum Gasteiger partial charge on any atom is -0.486 e. The van der Waals surface area contributed by atoms with Crippen LogP contribution in [0.2, 0.25) is 0 Å². The molecule has 100 valence electrons. The number of sulfonamides is 1. The van der Waals surface area contributed by atoms with Crippen LogP contribution >= 0.6 is 0 Å². The molecule has 1 aromatic carbocycles. The van der Waals surface area contributed by atoms with E-state index in [0.717, 1.165) is 0 Å². The molecule has 18 heavy (non-hydrogen) atoms. The van der Waals surface area contributed by atoms with Gasteiger partial charge in [-0.1, -0.05) is 0 Å². The van der Waals surface area contributed by atoms with Crippen molar-refractivity contribution < 1.29 is 23.0 Å². The van der Waals surface area contributed by atoms with Crippen LogP contribution in [-0.4, -0.2) is 39.1 Å². The van der Waals surface area contributed by atoms with Gasteiger partial charge in [-0.2, -0.15) is 0 Å². The molecule has 0 aliphatic carbocycles. The van der Waals surface area contributed by atoms with Crippen molar-refractivity contribution in [3.8, 4) is 11.5 Å². The molecule has 6 nitrogen and oxygen atoms in total. The summed E-state index contributed by atoms with van der Waals surface area (Å²) in [5, 5.41) is 8.63. The highest BCUT2D eigenvalue weighted by molar-refractivity contribution is 7.92. The van der Waals surface area contributed by atoms with Gasteiger partial charge in [0.15, 0.2) is 11.5 Å². The van der Waals surface area contributed by atoms with Gasteiger partial charge in [0, 0.05) is 12.7 Å². The lowest BCUT2D eigenvalue weighted by atomic mass is 10.3. The molecule has 0 fully saturated rings. The van der Waals surface area contributed by atoms with E-state index in [9.17, 15) is 8.42 Å². The van der Waals surface area contributed by atoms with Crippen LogP contribution in [0, 0.1) is 0 Å². The van der Waals surface area contributed by atoms with Crippen LogP contribution in [0.15, 0.2) is 18.2 Å². The van der Waals surface area contributed by atoms with Gasteiger partial charge in [0.05, 0.1) is 11.4 Å². The summed E-state index contributed by atoms with van der Waals surface area (Å²) in [5.41, 5.74) is 0.428. The maximum atomic E-state index is 11.6. The molecule has 1 aliphatic rings. The number of hydrogen-bond donors (Lipinski definition) is 2. The van der Waals surface area contributed by atoms with E-state index in [4.69, 9.17) is 14.6 Å². The predicted octanol–water partition coefficient (Wildman–Crippen LogP) is 0.582. The molecule has 0 aromatic heterocycles. The molecule has 0 saturated carbocycles. The molecule has 2 rings (SSSR count). The normalized spacial score (nSPS) is 14.3. The fraction of sp³-hybridized carbons (Fsp3) is 0.455. The SMILES string of the molecule is O=S(=O)(CCCO)Nc1ccc2c(c1)OCCO2. The van der Waals surface area contributed by atoms with Crippen LogP contribution in [0.5, 0.6) is 11.5 Å². The molecule has 2 N–H and O–H groups in total. The number of ether oxygens (including phenoxy) is 2. The minimum atomic E-state index is -3.43. The Morgan fingerprint density at radius 1 is 1.22 bits per heavy atom. The van der Waals surface area contributed by atoms with E-state index < -0.39 is 10.0 Å². The number of nitrogens with one attached hydrogen (secondary N) is 1. The zero-order chi connectivity index (χ0) is 13.0. The Labute approximate surface area is 106 Å². The van der Waals surface area contributed by atoms with Gasteiger partial charge in [0.1, 0.15) is 13.2 Å². The third-order valence-electron chi connectivity index (χ3n) is 2.39. The molecule has 0 amide bonds. The number of rotatable bonds is 5. The number of benzene rings is 1. The number of fused-ring (bicyclic) bond motifs is 1. The van der Waals surface area contributed by atoms with Gasteiger partial charge >= 0.3 is 0 Å². The summed E-state index contributed by atoms with van der Waals surface area (Å²) in [5.74, 6) is 1.03. The first kappa shape index (κ1) is 13.0. The summed E-state index contributed by atoms with van der Waals surface area (Å²) >= 11 is 0. The van der Waals surface area contributed by atoms with Crippen molar-refractivity contribution in [2.24, 2.45) is 0 Å². The molecule has 0 unspecified atom stereocenters. The van der Waals surface area contributed by atoms with Crippen molar-refractivity contribution >= 4 is 15.7 Å². The van der Waals surface area contributed by atoms with Crippen LogP contribution in [0.4, 0.5) is 5.69 Å². The lowest BCUT2D eigenvalue weighted by Gasteiger charge is -2.19. The quantitative estimate of drug-likeness (QED) is 0.820. The molecular formula is C11H15NO5S. The van der Waals surface area contributed by atoms with Gasteiger partial charge in [0.25, 0.3) is 0 Å². The van der Waals surface area contributed by atoms with E-state index in [1.54, 1.807) is 18.2 Å². The summed E-state index contributed by atoms with van der Waals surface area (Å²) in [7, 11) is -3.43. The first-order valence-corrected chi connectivity index (χ1v) is 7.27. The third-order valence-corrected chi connectivity index (χ3v) is 3.76. The van der Waals surface area contributed by atoms with Crippen LogP contribution < -0.4 is 14.2 Å². The van der Waals surface area contributed by atoms with Crippen LogP contribution in [0.1, 0.15) is 6.42 Å². The number of aliphatic hydroxyl groups excluding tert-OH is 1. The van der Waals surface area contributed by atoms with Crippen LogP contribution in [0.3, 0.4) is 0 Å². The second-order valence-corrected chi connectivity index (χ2v) is 5.70. The first-order chi connectivity index (χ1) is 8.61. The van der Waals surface area contributed by atoms with Crippen molar-refractivity contribution in [3.63, 3.8) is 0 Å². The molecule has 0 atom stereocenters. The number of aliphatic hydroxyl groups is 1. The molecule has 0 spiro atoms. The van der Waals surface area contributed by atoms with Crippen molar-refractivity contribution in [2.45, 2.75) is 6.42 Å². The monoisotopic (exact) mass is 273 g/mol. The maximum absolute atomic E-state index is 11.6. The zero-order valence-corrected chi connectivity index (χ0v) is 10.6. The Balaban J connectivity index is 2.10. The highest BCUT2D eigenvalue weighted by atomic mass is 32.2. The van der Waals surface area contributed by atoms with E-state index >= 15 is 0 Å². The van der Waals surface area contributed by atoms with Crippen molar-refractivity contribution in [2.75, 3.05) is 30.3 Å². The predicted molar refractivity (Wildman–Crippen MR) is 66.5 cm³/mol. The Kier molecular flexibility index (Phi) is 3.93. The highest BCUT2D eigenvalue weighted by Gasteiger charge is 2.14. The largest absolute Gasteiger partial charge is 0.486 e. The molecule has 1 aromatic rings. The van der Waals surface area contributed by atoms with Gasteiger partial charge in [-0.3, -0.25) is 4.72 Å². The fourth-order valence-corrected chi connectivity index (χ4v) is 2.69. The zero-order valence-electron chi connectivity index (χ0n) is 9.76. The fourth-order valence-electron chi connectivity index (χ4n) is 1.59. The van der Waals surface area contributed by atoms with E-state index in [-0.39, 0.29) is 18.8 Å². The lowest BCUT2D eigenvalue weighted by Crippen LogP contribution is -2.18. The van der Waals surface area contributed by atoms with Gasteiger partial charge in [-0.25, -0.2) is 8.42 Å². The molecule has 1 aliphatic heterocycles. The highest BCUT2D eigenvalue weighted by Crippen LogP contribution is 2.32. The standard InChI is InChI=1S/C11H15NO5S/c13-4-1-7-18(14,15)12-9-2-3-10-11(8-9)17-6-5-16-10/h2-3,8,12-13H,1,4-7H2. The molecule has 7 heteroatoms. The number of anilines is 1. The van der Waals surface area contributed by atoms with Gasteiger partial charge in [0.2, 0.25) is 10.0 Å². The Morgan fingerprint density at radius 2 is 1.94 bits per heavy atom. The smallest absolute Gasteiger partial charge is 0.232 e. The van der Waals surface area contributed by atoms with E-state index in [0.29, 0.717) is 30.4 Å². The molecule has 0 bridgehead atoms. The third kappa shape index (κ3) is 3.27. The Bertz CT molecular complexity index is 514. The average molecular weight is 273 g/mol. The molecule has 0 radical (unpaired) electrons. The second kappa shape index (κ2) is 5.45. The Morgan fingerprint density at radius 3 is 2.67 bits per heavy atom. The van der Waals surface area contributed by atoms with Crippen molar-refractivity contribution in [1.82, 2.24) is 0 Å². The maximum Gasteiger partial charge on any atom is 0.232 e. The van der Waals surface area contributed by atoms with Gasteiger partial charge < -0.3 is 14.6 Å².